The molecule has 8 heteroatoms. The first-order valence-corrected chi connectivity index (χ1v) is 9.54. The van der Waals surface area contributed by atoms with Crippen LogP contribution in [0.2, 0.25) is 0 Å². The van der Waals surface area contributed by atoms with E-state index in [1.54, 1.807) is 39.8 Å². The van der Waals surface area contributed by atoms with E-state index in [1.807, 2.05) is 0 Å². The van der Waals surface area contributed by atoms with E-state index < -0.39 is 10.0 Å². The largest absolute Gasteiger partial charge is 0.359 e. The highest BCUT2D eigenvalue weighted by atomic mass is 32.2. The van der Waals surface area contributed by atoms with Gasteiger partial charge in [-0.25, -0.2) is 8.42 Å². The number of carbonyl (C=O) groups is 1. The minimum absolute atomic E-state index is 0.113. The summed E-state index contributed by atoms with van der Waals surface area (Å²) in [4.78, 5) is 12.6. The van der Waals surface area contributed by atoms with Gasteiger partial charge in [0.2, 0.25) is 10.0 Å². The molecular weight excluding hydrogens is 342 g/mol. The standard InChI is InChI=1S/C17H23N3O4S/c1-5-20(6-2)25(22,23)15-8-7-12(3)16(10-15)17(21)18-11-14-9-13(4)19-24-14/h7-10H,5-6,11H2,1-4H3,(H,18,21). The van der Waals surface area contributed by atoms with Crippen LogP contribution in [0.1, 0.15) is 41.2 Å². The molecule has 0 saturated carbocycles. The summed E-state index contributed by atoms with van der Waals surface area (Å²) in [5.41, 5.74) is 1.75. The van der Waals surface area contributed by atoms with E-state index >= 15 is 0 Å². The molecule has 0 radical (unpaired) electrons. The predicted octanol–water partition coefficient (Wildman–Crippen LogP) is 2.25. The monoisotopic (exact) mass is 365 g/mol. The van der Waals surface area contributed by atoms with Gasteiger partial charge in [-0.2, -0.15) is 4.31 Å². The first-order valence-electron chi connectivity index (χ1n) is 8.10. The van der Waals surface area contributed by atoms with Crippen molar-refractivity contribution >= 4 is 15.9 Å². The van der Waals surface area contributed by atoms with Gasteiger partial charge in [-0.05, 0) is 31.5 Å². The fourth-order valence-electron chi connectivity index (χ4n) is 2.48. The molecule has 1 heterocycles. The molecule has 0 fully saturated rings. The molecular formula is C17H23N3O4S. The van der Waals surface area contributed by atoms with Crippen LogP contribution in [0.4, 0.5) is 0 Å². The molecule has 1 amide bonds. The SMILES string of the molecule is CCN(CC)S(=O)(=O)c1ccc(C)c(C(=O)NCc2cc(C)no2)c1. The van der Waals surface area contributed by atoms with Crippen LogP contribution in [-0.4, -0.2) is 36.9 Å². The van der Waals surface area contributed by atoms with E-state index in [0.717, 1.165) is 5.69 Å². The molecule has 1 aromatic carbocycles. The van der Waals surface area contributed by atoms with E-state index in [-0.39, 0.29) is 17.3 Å². The van der Waals surface area contributed by atoms with Crippen LogP contribution in [0.25, 0.3) is 0 Å². The topological polar surface area (TPSA) is 92.5 Å². The second-order valence-electron chi connectivity index (χ2n) is 5.68. The number of nitrogens with zero attached hydrogens (tertiary/aromatic N) is 2. The minimum atomic E-state index is -3.61. The summed E-state index contributed by atoms with van der Waals surface area (Å²) in [5.74, 6) is 0.179. The Morgan fingerprint density at radius 3 is 2.44 bits per heavy atom. The summed E-state index contributed by atoms with van der Waals surface area (Å²) in [5, 5.41) is 6.48. The third-order valence-electron chi connectivity index (χ3n) is 3.90. The van der Waals surface area contributed by atoms with Gasteiger partial charge in [0.25, 0.3) is 5.91 Å². The number of hydrogen-bond donors (Lipinski definition) is 1. The Labute approximate surface area is 148 Å². The molecule has 0 unspecified atom stereocenters. The fraction of sp³-hybridized carbons (Fsp3) is 0.412. The Hall–Kier alpha value is -2.19. The quantitative estimate of drug-likeness (QED) is 0.812. The maximum absolute atomic E-state index is 12.6. The average Bonchev–Trinajstić information content (AvgIpc) is 2.99. The lowest BCUT2D eigenvalue weighted by molar-refractivity contribution is 0.0946. The van der Waals surface area contributed by atoms with Crippen LogP contribution in [0, 0.1) is 13.8 Å². The van der Waals surface area contributed by atoms with Crippen LogP contribution < -0.4 is 5.32 Å². The molecule has 0 spiro atoms. The van der Waals surface area contributed by atoms with Crippen molar-refractivity contribution in [1.82, 2.24) is 14.8 Å². The number of sulfonamides is 1. The molecule has 0 atom stereocenters. The molecule has 25 heavy (non-hydrogen) atoms. The molecule has 7 nitrogen and oxygen atoms in total. The normalized spacial score (nSPS) is 11.7. The number of aromatic nitrogens is 1. The molecule has 0 aliphatic carbocycles. The van der Waals surface area contributed by atoms with Crippen LogP contribution >= 0.6 is 0 Å². The number of benzene rings is 1. The van der Waals surface area contributed by atoms with Crippen LogP contribution in [-0.2, 0) is 16.6 Å². The van der Waals surface area contributed by atoms with E-state index in [0.29, 0.717) is 30.0 Å². The Kier molecular flexibility index (Phi) is 5.97. The molecule has 1 aromatic heterocycles. The molecule has 0 bridgehead atoms. The Bertz CT molecular complexity index is 855. The third kappa shape index (κ3) is 4.26. The summed E-state index contributed by atoms with van der Waals surface area (Å²) < 4.78 is 31.7. The lowest BCUT2D eigenvalue weighted by atomic mass is 10.1. The van der Waals surface area contributed by atoms with E-state index in [1.165, 1.54) is 16.4 Å². The zero-order valence-corrected chi connectivity index (χ0v) is 15.7. The molecule has 136 valence electrons. The highest BCUT2D eigenvalue weighted by molar-refractivity contribution is 7.89. The lowest BCUT2D eigenvalue weighted by Crippen LogP contribution is -2.31. The maximum atomic E-state index is 12.6. The fourth-order valence-corrected chi connectivity index (χ4v) is 3.97. The summed E-state index contributed by atoms with van der Waals surface area (Å²) in [6.07, 6.45) is 0. The number of rotatable bonds is 7. The lowest BCUT2D eigenvalue weighted by Gasteiger charge is -2.19. The van der Waals surface area contributed by atoms with Gasteiger partial charge in [-0.15, -0.1) is 0 Å². The zero-order chi connectivity index (χ0) is 18.6. The number of hydrogen-bond acceptors (Lipinski definition) is 5. The number of amides is 1. The van der Waals surface area contributed by atoms with E-state index in [2.05, 4.69) is 10.5 Å². The smallest absolute Gasteiger partial charge is 0.251 e. The predicted molar refractivity (Wildman–Crippen MR) is 93.7 cm³/mol. The van der Waals surface area contributed by atoms with Crippen molar-refractivity contribution in [3.63, 3.8) is 0 Å². The highest BCUT2D eigenvalue weighted by Crippen LogP contribution is 2.19. The highest BCUT2D eigenvalue weighted by Gasteiger charge is 2.23. The van der Waals surface area contributed by atoms with Crippen molar-refractivity contribution in [2.45, 2.75) is 39.1 Å². The Balaban J connectivity index is 2.24. The van der Waals surface area contributed by atoms with Gasteiger partial charge in [-0.1, -0.05) is 25.1 Å². The molecule has 0 aliphatic rings. The Morgan fingerprint density at radius 1 is 1.20 bits per heavy atom. The van der Waals surface area contributed by atoms with Gasteiger partial charge < -0.3 is 9.84 Å². The van der Waals surface area contributed by atoms with Crippen molar-refractivity contribution in [1.29, 1.82) is 0 Å². The van der Waals surface area contributed by atoms with Crippen molar-refractivity contribution < 1.29 is 17.7 Å². The maximum Gasteiger partial charge on any atom is 0.251 e. The van der Waals surface area contributed by atoms with Crippen LogP contribution in [0.15, 0.2) is 33.7 Å². The summed E-state index contributed by atoms with van der Waals surface area (Å²) in [6.45, 7) is 8.05. The van der Waals surface area contributed by atoms with Gasteiger partial charge in [0.05, 0.1) is 17.1 Å². The first-order chi connectivity index (χ1) is 11.8. The first kappa shape index (κ1) is 19.1. The van der Waals surface area contributed by atoms with E-state index in [4.69, 9.17) is 4.52 Å². The van der Waals surface area contributed by atoms with Crippen LogP contribution in [0.3, 0.4) is 0 Å². The molecule has 1 N–H and O–H groups in total. The molecule has 0 saturated heterocycles. The van der Waals surface area contributed by atoms with E-state index in [9.17, 15) is 13.2 Å². The second-order valence-corrected chi connectivity index (χ2v) is 7.62. The molecule has 0 aliphatic heterocycles. The van der Waals surface area contributed by atoms with Gasteiger partial charge in [0, 0.05) is 24.7 Å². The number of carbonyl (C=O) groups excluding carboxylic acids is 1. The van der Waals surface area contributed by atoms with Gasteiger partial charge in [-0.3, -0.25) is 4.79 Å². The van der Waals surface area contributed by atoms with Gasteiger partial charge >= 0.3 is 0 Å². The zero-order valence-electron chi connectivity index (χ0n) is 14.9. The number of nitrogens with one attached hydrogen (secondary N) is 1. The Morgan fingerprint density at radius 2 is 1.88 bits per heavy atom. The van der Waals surface area contributed by atoms with Gasteiger partial charge in [0.1, 0.15) is 0 Å². The number of aryl methyl sites for hydroxylation is 2. The average molecular weight is 365 g/mol. The summed E-state index contributed by atoms with van der Waals surface area (Å²) in [6, 6.07) is 6.32. The van der Waals surface area contributed by atoms with Crippen molar-refractivity contribution in [3.05, 3.63) is 46.8 Å². The second kappa shape index (κ2) is 7.79. The van der Waals surface area contributed by atoms with Crippen molar-refractivity contribution in [2.24, 2.45) is 0 Å². The summed E-state index contributed by atoms with van der Waals surface area (Å²) >= 11 is 0. The van der Waals surface area contributed by atoms with Crippen LogP contribution in [0.5, 0.6) is 0 Å². The van der Waals surface area contributed by atoms with Crippen molar-refractivity contribution in [3.8, 4) is 0 Å². The minimum Gasteiger partial charge on any atom is -0.359 e. The van der Waals surface area contributed by atoms with Crippen molar-refractivity contribution in [2.75, 3.05) is 13.1 Å². The van der Waals surface area contributed by atoms with Gasteiger partial charge in [0.15, 0.2) is 5.76 Å². The molecule has 2 aromatic rings. The molecule has 2 rings (SSSR count). The third-order valence-corrected chi connectivity index (χ3v) is 5.94. The summed E-state index contributed by atoms with van der Waals surface area (Å²) in [7, 11) is -3.61.